The Balaban J connectivity index is 4.13. The Morgan fingerprint density at radius 2 is 1.27 bits per heavy atom. The van der Waals surface area contributed by atoms with Crippen molar-refractivity contribution in [3.8, 4) is 0 Å². The first-order valence-electron chi connectivity index (χ1n) is 2.08. The van der Waals surface area contributed by atoms with Crippen molar-refractivity contribution in [2.24, 2.45) is 0 Å². The van der Waals surface area contributed by atoms with Gasteiger partial charge in [0.05, 0.1) is 0 Å². The van der Waals surface area contributed by atoms with E-state index in [1.165, 1.54) is 0 Å². The highest BCUT2D eigenvalue weighted by atomic mass is 35.6. The van der Waals surface area contributed by atoms with Gasteiger partial charge in [0.2, 0.25) is 0 Å². The number of alkyl halides is 7. The maximum atomic E-state index is 5.38. The van der Waals surface area contributed by atoms with Gasteiger partial charge >= 0.3 is 0 Å². The molecule has 0 heterocycles. The van der Waals surface area contributed by atoms with Gasteiger partial charge in [-0.2, -0.15) is 0 Å². The molecule has 0 rings (SSSR count). The Labute approximate surface area is 98.7 Å². The van der Waals surface area contributed by atoms with Crippen LogP contribution in [-0.4, -0.2) is 13.3 Å². The Kier molecular flexibility index (Phi) is 5.28. The molecule has 0 saturated carbocycles. The van der Waals surface area contributed by atoms with Gasteiger partial charge in [-0.15, -0.1) is 0 Å². The number of ether oxygens (including phenoxy) is 1. The fourth-order valence-corrected chi connectivity index (χ4v) is 1.12. The smallest absolute Gasteiger partial charge is 0.295 e. The Bertz CT molecular complexity index is 126. The minimum atomic E-state index is -2.05. The second-order valence-electron chi connectivity index (χ2n) is 1.41. The van der Waals surface area contributed by atoms with Crippen molar-refractivity contribution in [2.75, 3.05) is 0 Å². The van der Waals surface area contributed by atoms with Gasteiger partial charge in [-0.1, -0.05) is 81.2 Å². The molecule has 0 aromatic rings. The topological polar surface area (TPSA) is 9.23 Å². The average molecular weight is 301 g/mol. The summed E-state index contributed by atoms with van der Waals surface area (Å²) in [6, 6.07) is 0. The van der Waals surface area contributed by atoms with Crippen LogP contribution in [0.5, 0.6) is 0 Å². The lowest BCUT2D eigenvalue weighted by Gasteiger charge is -2.25. The molecule has 0 aliphatic rings. The molecule has 0 aromatic heterocycles. The van der Waals surface area contributed by atoms with Gasteiger partial charge in [-0.3, -0.25) is 4.74 Å². The van der Waals surface area contributed by atoms with Crippen LogP contribution < -0.4 is 0 Å². The zero-order chi connectivity index (χ0) is 9.28. The highest BCUT2D eigenvalue weighted by Crippen LogP contribution is 2.41. The average Bonchev–Trinajstić information content (AvgIpc) is 1.56. The first-order valence-corrected chi connectivity index (χ1v) is 4.84. The van der Waals surface area contributed by atoms with Crippen LogP contribution in [-0.2, 0) is 4.74 Å². The van der Waals surface area contributed by atoms with E-state index >= 15 is 0 Å². The van der Waals surface area contributed by atoms with Gasteiger partial charge in [0.15, 0.2) is 4.84 Å². The second kappa shape index (κ2) is 4.47. The molecule has 0 aliphatic heterocycles. The van der Waals surface area contributed by atoms with Gasteiger partial charge in [0.1, 0.15) is 0 Å². The van der Waals surface area contributed by atoms with Gasteiger partial charge < -0.3 is 0 Å². The van der Waals surface area contributed by atoms with Gasteiger partial charge in [-0.05, 0) is 0 Å². The summed E-state index contributed by atoms with van der Waals surface area (Å²) in [7, 11) is 0. The summed E-state index contributed by atoms with van der Waals surface area (Å²) in [6.45, 7) is 0. The molecule has 0 bridgehead atoms. The van der Waals surface area contributed by atoms with Crippen LogP contribution in [0, 0.1) is 0 Å². The van der Waals surface area contributed by atoms with E-state index < -0.39 is 13.3 Å². The van der Waals surface area contributed by atoms with Crippen LogP contribution in [0.3, 0.4) is 0 Å². The molecule has 68 valence electrons. The summed E-state index contributed by atoms with van der Waals surface area (Å²) in [4.78, 5) is -1.22. The van der Waals surface area contributed by atoms with Gasteiger partial charge in [0, 0.05) is 0 Å². The fraction of sp³-hybridized carbons (Fsp3) is 1.00. The van der Waals surface area contributed by atoms with E-state index in [0.29, 0.717) is 0 Å². The van der Waals surface area contributed by atoms with Crippen LogP contribution in [0.2, 0.25) is 0 Å². The van der Waals surface area contributed by atoms with E-state index in [2.05, 4.69) is 4.74 Å². The molecular formula is C3HCl7O. The molecule has 0 radical (unpaired) electrons. The van der Waals surface area contributed by atoms with Crippen molar-refractivity contribution in [3.05, 3.63) is 0 Å². The predicted molar refractivity (Wildman–Crippen MR) is 51.3 cm³/mol. The maximum absolute atomic E-state index is 5.38. The predicted octanol–water partition coefficient (Wildman–Crippen LogP) is 4.27. The van der Waals surface area contributed by atoms with Crippen LogP contribution in [0.4, 0.5) is 0 Å². The molecular weight excluding hydrogens is 300 g/mol. The lowest BCUT2D eigenvalue weighted by Crippen LogP contribution is -2.31. The first-order chi connectivity index (χ1) is 4.65. The SMILES string of the molecule is ClC(Cl)C(Cl)(Cl)OC(Cl)(Cl)Cl. The molecule has 0 aromatic carbocycles. The van der Waals surface area contributed by atoms with Gasteiger partial charge in [-0.25, -0.2) is 0 Å². The minimum Gasteiger partial charge on any atom is -0.295 e. The molecule has 0 fully saturated rings. The summed E-state index contributed by atoms with van der Waals surface area (Å²) in [5.74, 6) is 0. The Hall–Kier alpha value is 1.99. The molecule has 1 nitrogen and oxygen atoms in total. The standard InChI is InChI=1S/C3HCl7O/c4-1(5)2(6,7)11-3(8,9)10/h1H. The van der Waals surface area contributed by atoms with E-state index in [-0.39, 0.29) is 0 Å². The molecule has 0 aliphatic carbocycles. The molecule has 0 unspecified atom stereocenters. The summed E-state index contributed by atoms with van der Waals surface area (Å²) in [6.07, 6.45) is 0. The summed E-state index contributed by atoms with van der Waals surface area (Å²) >= 11 is 36.9. The van der Waals surface area contributed by atoms with Crippen molar-refractivity contribution in [3.63, 3.8) is 0 Å². The monoisotopic (exact) mass is 298 g/mol. The molecule has 0 spiro atoms. The Morgan fingerprint density at radius 3 is 1.36 bits per heavy atom. The molecule has 0 atom stereocenters. The lowest BCUT2D eigenvalue weighted by molar-refractivity contribution is 0.0817. The minimum absolute atomic E-state index is 1.22. The van der Waals surface area contributed by atoms with Crippen LogP contribution in [0.15, 0.2) is 0 Å². The number of rotatable bonds is 2. The quantitative estimate of drug-likeness (QED) is 0.692. The van der Waals surface area contributed by atoms with E-state index in [1.54, 1.807) is 0 Å². The van der Waals surface area contributed by atoms with E-state index in [9.17, 15) is 0 Å². The van der Waals surface area contributed by atoms with Crippen molar-refractivity contribution >= 4 is 81.2 Å². The third kappa shape index (κ3) is 6.11. The third-order valence-electron chi connectivity index (χ3n) is 0.506. The fourth-order valence-electron chi connectivity index (χ4n) is 0.199. The van der Waals surface area contributed by atoms with E-state index in [1.807, 2.05) is 0 Å². The normalized spacial score (nSPS) is 14.2. The lowest BCUT2D eigenvalue weighted by atomic mass is 10.8. The molecule has 0 amide bonds. The highest BCUT2D eigenvalue weighted by molar-refractivity contribution is 6.67. The second-order valence-corrected chi connectivity index (χ2v) is 6.00. The summed E-state index contributed by atoms with van der Waals surface area (Å²) in [5, 5.41) is 0. The van der Waals surface area contributed by atoms with Crippen molar-refractivity contribution < 1.29 is 4.74 Å². The van der Waals surface area contributed by atoms with E-state index in [0.717, 1.165) is 0 Å². The van der Waals surface area contributed by atoms with Crippen molar-refractivity contribution in [1.29, 1.82) is 0 Å². The first kappa shape index (κ1) is 13.0. The van der Waals surface area contributed by atoms with Gasteiger partial charge in [0.25, 0.3) is 8.50 Å². The number of halogens is 7. The summed E-state index contributed by atoms with van der Waals surface area (Å²) < 4.78 is 0.464. The molecule has 8 heteroatoms. The zero-order valence-corrected chi connectivity index (χ0v) is 9.92. The van der Waals surface area contributed by atoms with Crippen LogP contribution in [0.1, 0.15) is 0 Å². The Morgan fingerprint density at radius 1 is 0.909 bits per heavy atom. The molecule has 0 N–H and O–H groups in total. The maximum Gasteiger partial charge on any atom is 0.299 e. The van der Waals surface area contributed by atoms with Crippen molar-refractivity contribution in [1.82, 2.24) is 0 Å². The van der Waals surface area contributed by atoms with Crippen molar-refractivity contribution in [2.45, 2.75) is 13.3 Å². The zero-order valence-electron chi connectivity index (χ0n) is 4.63. The molecule has 0 saturated heterocycles. The summed E-state index contributed by atoms with van der Waals surface area (Å²) in [5.41, 5.74) is 0. The largest absolute Gasteiger partial charge is 0.299 e. The third-order valence-corrected chi connectivity index (χ3v) is 2.39. The van der Waals surface area contributed by atoms with E-state index in [4.69, 9.17) is 81.2 Å². The van der Waals surface area contributed by atoms with Crippen LogP contribution >= 0.6 is 81.2 Å². The number of hydrogen-bond donors (Lipinski definition) is 0. The molecule has 11 heavy (non-hydrogen) atoms. The van der Waals surface area contributed by atoms with Crippen LogP contribution in [0.25, 0.3) is 0 Å². The highest BCUT2D eigenvalue weighted by Gasteiger charge is 2.41. The number of hydrogen-bond acceptors (Lipinski definition) is 1.